The number of carbonyl (C=O) groups is 2. The van der Waals surface area contributed by atoms with Crippen LogP contribution in [0, 0.1) is 25.6 Å². The highest BCUT2D eigenvalue weighted by Crippen LogP contribution is 2.28. The summed E-state index contributed by atoms with van der Waals surface area (Å²) in [5.74, 6) is -1.50. The minimum Gasteiger partial charge on any atom is -0.326 e. The van der Waals surface area contributed by atoms with Gasteiger partial charge < -0.3 is 14.8 Å². The van der Waals surface area contributed by atoms with E-state index in [2.05, 4.69) is 10.3 Å². The predicted octanol–water partition coefficient (Wildman–Crippen LogP) is 3.62. The molecule has 1 aliphatic rings. The third kappa shape index (κ3) is 3.63. The summed E-state index contributed by atoms with van der Waals surface area (Å²) in [7, 11) is 0. The summed E-state index contributed by atoms with van der Waals surface area (Å²) in [6, 6.07) is 13.5. The lowest BCUT2D eigenvalue weighted by Crippen LogP contribution is -2.28. The molecule has 1 fully saturated rings. The number of nitrogens with one attached hydrogen (secondary N) is 1. The number of amides is 2. The zero-order valence-corrected chi connectivity index (χ0v) is 16.2. The first-order chi connectivity index (χ1) is 13.9. The van der Waals surface area contributed by atoms with Crippen LogP contribution in [-0.2, 0) is 9.59 Å². The van der Waals surface area contributed by atoms with E-state index in [1.54, 1.807) is 24.5 Å². The Kier molecular flexibility index (Phi) is 4.88. The van der Waals surface area contributed by atoms with Crippen molar-refractivity contribution in [1.29, 1.82) is 0 Å². The van der Waals surface area contributed by atoms with Crippen LogP contribution in [0.5, 0.6) is 0 Å². The second kappa shape index (κ2) is 7.50. The van der Waals surface area contributed by atoms with E-state index in [9.17, 15) is 14.0 Å². The molecule has 0 radical (unpaired) electrons. The lowest BCUT2D eigenvalue weighted by Gasteiger charge is -2.17. The van der Waals surface area contributed by atoms with Gasteiger partial charge in [-0.05, 0) is 50.2 Å². The second-order valence-corrected chi connectivity index (χ2v) is 7.18. The van der Waals surface area contributed by atoms with Gasteiger partial charge >= 0.3 is 0 Å². The quantitative estimate of drug-likeness (QED) is 0.737. The summed E-state index contributed by atoms with van der Waals surface area (Å²) in [6.45, 7) is 4.11. The number of halogens is 1. The average molecular weight is 392 g/mol. The van der Waals surface area contributed by atoms with Crippen molar-refractivity contribution in [2.75, 3.05) is 16.8 Å². The summed E-state index contributed by atoms with van der Waals surface area (Å²) < 4.78 is 16.0. The normalized spacial score (nSPS) is 16.3. The molecule has 1 aromatic heterocycles. The van der Waals surface area contributed by atoms with Gasteiger partial charge in [-0.25, -0.2) is 9.37 Å². The minimum atomic E-state index is -0.527. The first-order valence-corrected chi connectivity index (χ1v) is 9.41. The Morgan fingerprint density at radius 3 is 2.52 bits per heavy atom. The van der Waals surface area contributed by atoms with Crippen molar-refractivity contribution in [2.24, 2.45) is 5.92 Å². The molecule has 1 saturated heterocycles. The molecule has 1 unspecified atom stereocenters. The number of anilines is 2. The maximum absolute atomic E-state index is 14.0. The van der Waals surface area contributed by atoms with Gasteiger partial charge in [-0.2, -0.15) is 0 Å². The number of aryl methyl sites for hydroxylation is 1. The van der Waals surface area contributed by atoms with Gasteiger partial charge in [-0.15, -0.1) is 0 Å². The zero-order valence-electron chi connectivity index (χ0n) is 16.2. The lowest BCUT2D eigenvalue weighted by molar-refractivity contribution is -0.122. The number of nitrogens with zero attached hydrogens (tertiary/aromatic N) is 3. The van der Waals surface area contributed by atoms with Gasteiger partial charge in [0, 0.05) is 30.0 Å². The van der Waals surface area contributed by atoms with Gasteiger partial charge in [0.15, 0.2) is 0 Å². The van der Waals surface area contributed by atoms with Crippen LogP contribution >= 0.6 is 0 Å². The number of carbonyl (C=O) groups excluding carboxylic acids is 2. The summed E-state index contributed by atoms with van der Waals surface area (Å²) >= 11 is 0. The molecule has 1 N–H and O–H groups in total. The summed E-state index contributed by atoms with van der Waals surface area (Å²) in [4.78, 5) is 30.6. The van der Waals surface area contributed by atoms with Crippen LogP contribution in [0.4, 0.5) is 15.8 Å². The molecule has 3 aromatic rings. The highest BCUT2D eigenvalue weighted by Gasteiger charge is 2.36. The first-order valence-electron chi connectivity index (χ1n) is 9.41. The Labute approximate surface area is 168 Å². The molecule has 0 spiro atoms. The van der Waals surface area contributed by atoms with E-state index in [1.807, 2.05) is 42.7 Å². The van der Waals surface area contributed by atoms with Crippen LogP contribution in [-0.4, -0.2) is 27.9 Å². The summed E-state index contributed by atoms with van der Waals surface area (Å²) in [5.41, 5.74) is 3.82. The number of rotatable bonds is 4. The maximum Gasteiger partial charge on any atom is 0.229 e. The van der Waals surface area contributed by atoms with Crippen LogP contribution in [0.25, 0.3) is 5.69 Å². The Bertz CT molecular complexity index is 1070. The topological polar surface area (TPSA) is 67.2 Å². The second-order valence-electron chi connectivity index (χ2n) is 7.18. The number of benzene rings is 2. The molecule has 1 atom stereocenters. The molecule has 2 heterocycles. The average Bonchev–Trinajstić information content (AvgIpc) is 3.26. The molecular formula is C22H21FN4O2. The molecule has 29 heavy (non-hydrogen) atoms. The largest absolute Gasteiger partial charge is 0.326 e. The molecule has 1 aliphatic heterocycles. The maximum atomic E-state index is 14.0. The van der Waals surface area contributed by atoms with Crippen molar-refractivity contribution in [1.82, 2.24) is 9.55 Å². The van der Waals surface area contributed by atoms with Gasteiger partial charge in [-0.3, -0.25) is 9.59 Å². The summed E-state index contributed by atoms with van der Waals surface area (Å²) in [5, 5.41) is 2.85. The molecule has 0 saturated carbocycles. The minimum absolute atomic E-state index is 0.0613. The lowest BCUT2D eigenvalue weighted by atomic mass is 10.1. The zero-order chi connectivity index (χ0) is 20.5. The van der Waals surface area contributed by atoms with Crippen molar-refractivity contribution in [3.63, 3.8) is 0 Å². The van der Waals surface area contributed by atoms with Crippen LogP contribution in [0.15, 0.2) is 54.9 Å². The Hall–Kier alpha value is -3.48. The third-order valence-electron chi connectivity index (χ3n) is 5.30. The molecule has 7 heteroatoms. The molecule has 4 rings (SSSR count). The highest BCUT2D eigenvalue weighted by atomic mass is 19.1. The number of aromatic nitrogens is 2. The molecule has 2 aromatic carbocycles. The Balaban J connectivity index is 1.44. The van der Waals surface area contributed by atoms with Gasteiger partial charge in [0.25, 0.3) is 0 Å². The van der Waals surface area contributed by atoms with Crippen LogP contribution < -0.4 is 10.2 Å². The summed E-state index contributed by atoms with van der Waals surface area (Å²) in [6.07, 6.45) is 1.82. The third-order valence-corrected chi connectivity index (χ3v) is 5.30. The highest BCUT2D eigenvalue weighted by molar-refractivity contribution is 6.03. The fourth-order valence-electron chi connectivity index (χ4n) is 3.50. The SMILES string of the molecule is Cc1ncn(-c2ccc(NC(=O)C3CC(=O)N(c4ccccc4F)C3)cc2)c1C. The van der Waals surface area contributed by atoms with Crippen molar-refractivity contribution >= 4 is 23.2 Å². The first kappa shape index (κ1) is 18.9. The van der Waals surface area contributed by atoms with Gasteiger partial charge in [0.2, 0.25) is 11.8 Å². The van der Waals surface area contributed by atoms with E-state index >= 15 is 0 Å². The number of imidazole rings is 1. The van der Waals surface area contributed by atoms with E-state index in [0.29, 0.717) is 5.69 Å². The van der Waals surface area contributed by atoms with E-state index in [1.165, 1.54) is 11.0 Å². The van der Waals surface area contributed by atoms with Crippen LogP contribution in [0.3, 0.4) is 0 Å². The Morgan fingerprint density at radius 1 is 1.14 bits per heavy atom. The molecular weight excluding hydrogens is 371 g/mol. The van der Waals surface area contributed by atoms with Gasteiger partial charge in [-0.1, -0.05) is 12.1 Å². The molecule has 0 bridgehead atoms. The predicted molar refractivity (Wildman–Crippen MR) is 109 cm³/mol. The number of para-hydroxylation sites is 1. The molecule has 0 aliphatic carbocycles. The van der Waals surface area contributed by atoms with E-state index in [0.717, 1.165) is 17.1 Å². The molecule has 6 nitrogen and oxygen atoms in total. The number of hydrogen-bond donors (Lipinski definition) is 1. The van der Waals surface area contributed by atoms with E-state index in [-0.39, 0.29) is 30.5 Å². The fourth-order valence-corrected chi connectivity index (χ4v) is 3.50. The smallest absolute Gasteiger partial charge is 0.229 e. The van der Waals surface area contributed by atoms with E-state index in [4.69, 9.17) is 0 Å². The molecule has 148 valence electrons. The monoisotopic (exact) mass is 392 g/mol. The standard InChI is InChI=1S/C22H21FN4O2/c1-14-15(2)27(13-24-14)18-9-7-17(8-10-18)25-22(29)16-11-21(28)26(12-16)20-6-4-3-5-19(20)23/h3-10,13,16H,11-12H2,1-2H3,(H,25,29). The van der Waals surface area contributed by atoms with E-state index < -0.39 is 11.7 Å². The van der Waals surface area contributed by atoms with Crippen molar-refractivity contribution in [3.8, 4) is 5.69 Å². The Morgan fingerprint density at radius 2 is 1.86 bits per heavy atom. The number of hydrogen-bond acceptors (Lipinski definition) is 3. The fraction of sp³-hybridized carbons (Fsp3) is 0.227. The van der Waals surface area contributed by atoms with Gasteiger partial charge in [0.1, 0.15) is 5.82 Å². The van der Waals surface area contributed by atoms with Gasteiger partial charge in [0.05, 0.1) is 23.6 Å². The van der Waals surface area contributed by atoms with Crippen molar-refractivity contribution in [3.05, 3.63) is 72.1 Å². The van der Waals surface area contributed by atoms with Crippen LogP contribution in [0.1, 0.15) is 17.8 Å². The van der Waals surface area contributed by atoms with Crippen LogP contribution in [0.2, 0.25) is 0 Å². The van der Waals surface area contributed by atoms with Crippen molar-refractivity contribution in [2.45, 2.75) is 20.3 Å². The van der Waals surface area contributed by atoms with Crippen molar-refractivity contribution < 1.29 is 14.0 Å². The molecule has 2 amide bonds.